The Kier molecular flexibility index (Phi) is 4.78. The average Bonchev–Trinajstić information content (AvgIpc) is 2.21. The first-order chi connectivity index (χ1) is 8.24. The van der Waals surface area contributed by atoms with E-state index in [-0.39, 0.29) is 24.2 Å². The van der Waals surface area contributed by atoms with Gasteiger partial charge in [-0.05, 0) is 19.3 Å². The Bertz CT molecular complexity index is 437. The maximum Gasteiger partial charge on any atom is 0.534 e. The van der Waals surface area contributed by atoms with Gasteiger partial charge in [0.15, 0.2) is 5.78 Å². The van der Waals surface area contributed by atoms with E-state index in [4.69, 9.17) is 0 Å². The van der Waals surface area contributed by atoms with Crippen molar-refractivity contribution in [1.82, 2.24) is 0 Å². The zero-order valence-corrected chi connectivity index (χ0v) is 10.3. The van der Waals surface area contributed by atoms with Crippen molar-refractivity contribution in [2.45, 2.75) is 44.0 Å². The minimum Gasteiger partial charge on any atom is -0.384 e. The third-order valence-electron chi connectivity index (χ3n) is 2.56. The van der Waals surface area contributed by atoms with Gasteiger partial charge in [-0.1, -0.05) is 12.8 Å². The molecular formula is C10H13F3O4S. The molecule has 0 radical (unpaired) electrons. The van der Waals surface area contributed by atoms with Crippen molar-refractivity contribution in [2.75, 3.05) is 0 Å². The molecule has 0 aromatic rings. The van der Waals surface area contributed by atoms with Crippen molar-refractivity contribution >= 4 is 15.9 Å². The number of alkyl halides is 3. The summed E-state index contributed by atoms with van der Waals surface area (Å²) >= 11 is 0. The Morgan fingerprint density at radius 1 is 1.06 bits per heavy atom. The normalized spacial score (nSPS) is 21.5. The molecule has 1 saturated carbocycles. The highest BCUT2D eigenvalue weighted by molar-refractivity contribution is 7.87. The first-order valence-electron chi connectivity index (χ1n) is 5.46. The molecular weight excluding hydrogens is 273 g/mol. The van der Waals surface area contributed by atoms with Crippen molar-refractivity contribution in [3.8, 4) is 0 Å². The quantitative estimate of drug-likeness (QED) is 0.339. The molecule has 104 valence electrons. The van der Waals surface area contributed by atoms with E-state index in [2.05, 4.69) is 4.18 Å². The van der Waals surface area contributed by atoms with Gasteiger partial charge >= 0.3 is 15.6 Å². The van der Waals surface area contributed by atoms with Gasteiger partial charge in [0.2, 0.25) is 0 Å². The van der Waals surface area contributed by atoms with Crippen LogP contribution in [0.3, 0.4) is 0 Å². The van der Waals surface area contributed by atoms with Gasteiger partial charge < -0.3 is 4.18 Å². The average molecular weight is 286 g/mol. The highest BCUT2D eigenvalue weighted by Gasteiger charge is 2.48. The van der Waals surface area contributed by atoms with Crippen LogP contribution in [0, 0.1) is 0 Å². The molecule has 0 amide bonds. The predicted octanol–water partition coefficient (Wildman–Crippen LogP) is 2.66. The standard InChI is InChI=1S/C10H13F3O4S/c11-10(12,13)18(15,16)17-7-8-5-3-1-2-4-6-9(8)14/h7H,1-6H2/b8-7-. The molecule has 0 aliphatic heterocycles. The topological polar surface area (TPSA) is 60.4 Å². The molecule has 0 spiro atoms. The number of allylic oxidation sites excluding steroid dienone is 1. The molecule has 4 nitrogen and oxygen atoms in total. The van der Waals surface area contributed by atoms with E-state index < -0.39 is 15.6 Å². The summed E-state index contributed by atoms with van der Waals surface area (Å²) < 4.78 is 61.1. The fourth-order valence-corrected chi connectivity index (χ4v) is 1.91. The number of rotatable bonds is 2. The Morgan fingerprint density at radius 3 is 2.17 bits per heavy atom. The first-order valence-corrected chi connectivity index (χ1v) is 6.86. The van der Waals surface area contributed by atoms with Crippen molar-refractivity contribution < 1.29 is 30.6 Å². The largest absolute Gasteiger partial charge is 0.534 e. The van der Waals surface area contributed by atoms with E-state index in [1.54, 1.807) is 0 Å². The molecule has 1 fully saturated rings. The minimum atomic E-state index is -5.67. The van der Waals surface area contributed by atoms with E-state index in [1.165, 1.54) is 0 Å². The number of ketones is 1. The molecule has 0 atom stereocenters. The molecule has 18 heavy (non-hydrogen) atoms. The Hall–Kier alpha value is -1.05. The molecule has 0 saturated heterocycles. The first kappa shape index (κ1) is 15.0. The fraction of sp³-hybridized carbons (Fsp3) is 0.700. The monoisotopic (exact) mass is 286 g/mol. The zero-order valence-electron chi connectivity index (χ0n) is 9.50. The number of hydrogen-bond donors (Lipinski definition) is 0. The number of Topliss-reactive ketones (excluding diaryl/α,β-unsaturated/α-hetero) is 1. The number of carbonyl (C=O) groups excluding carboxylic acids is 1. The van der Waals surface area contributed by atoms with Crippen LogP contribution < -0.4 is 0 Å². The summed E-state index contributed by atoms with van der Waals surface area (Å²) in [6, 6.07) is 0. The van der Waals surface area contributed by atoms with Crippen molar-refractivity contribution in [3.63, 3.8) is 0 Å². The molecule has 0 aromatic heterocycles. The van der Waals surface area contributed by atoms with E-state index in [0.29, 0.717) is 19.1 Å². The Labute approximate surface area is 103 Å². The Balaban J connectivity index is 2.78. The summed E-state index contributed by atoms with van der Waals surface area (Å²) in [5, 5.41) is 0. The number of carbonyl (C=O) groups is 1. The lowest BCUT2D eigenvalue weighted by molar-refractivity contribution is -0.116. The van der Waals surface area contributed by atoms with E-state index in [9.17, 15) is 26.4 Å². The number of hydrogen-bond acceptors (Lipinski definition) is 4. The summed E-state index contributed by atoms with van der Waals surface area (Å²) in [5.74, 6) is -0.355. The zero-order chi connectivity index (χ0) is 13.8. The predicted molar refractivity (Wildman–Crippen MR) is 56.9 cm³/mol. The maximum absolute atomic E-state index is 12.0. The highest BCUT2D eigenvalue weighted by Crippen LogP contribution is 2.26. The summed E-state index contributed by atoms with van der Waals surface area (Å²) in [7, 11) is -5.67. The van der Waals surface area contributed by atoms with Crippen LogP contribution in [-0.2, 0) is 19.1 Å². The fourth-order valence-electron chi connectivity index (χ4n) is 1.56. The van der Waals surface area contributed by atoms with Gasteiger partial charge in [-0.2, -0.15) is 21.6 Å². The van der Waals surface area contributed by atoms with E-state index in [0.717, 1.165) is 12.8 Å². The maximum atomic E-state index is 12.0. The molecule has 1 aliphatic carbocycles. The van der Waals surface area contributed by atoms with Gasteiger partial charge in [0, 0.05) is 12.0 Å². The number of halogens is 3. The van der Waals surface area contributed by atoms with Crippen LogP contribution >= 0.6 is 0 Å². The van der Waals surface area contributed by atoms with Gasteiger partial charge in [-0.25, -0.2) is 0 Å². The lowest BCUT2D eigenvalue weighted by atomic mass is 9.96. The molecule has 0 N–H and O–H groups in total. The molecule has 0 unspecified atom stereocenters. The SMILES string of the molecule is O=C1CCCCCC/C1=C/OS(=O)(=O)C(F)(F)F. The summed E-state index contributed by atoms with van der Waals surface area (Å²) in [4.78, 5) is 11.5. The second kappa shape index (κ2) is 5.73. The van der Waals surface area contributed by atoms with Crippen molar-refractivity contribution in [1.29, 1.82) is 0 Å². The van der Waals surface area contributed by atoms with Crippen LogP contribution in [-0.4, -0.2) is 19.7 Å². The van der Waals surface area contributed by atoms with Crippen LogP contribution in [0.2, 0.25) is 0 Å². The van der Waals surface area contributed by atoms with Crippen molar-refractivity contribution in [2.24, 2.45) is 0 Å². The van der Waals surface area contributed by atoms with Crippen LogP contribution in [0.5, 0.6) is 0 Å². The van der Waals surface area contributed by atoms with Gasteiger partial charge in [0.05, 0.1) is 0 Å². The molecule has 0 bridgehead atoms. The molecule has 0 aromatic carbocycles. The van der Waals surface area contributed by atoms with Crippen LogP contribution in [0.1, 0.15) is 38.5 Å². The van der Waals surface area contributed by atoms with Crippen LogP contribution in [0.4, 0.5) is 13.2 Å². The second-order valence-corrected chi connectivity index (χ2v) is 5.54. The summed E-state index contributed by atoms with van der Waals surface area (Å²) in [6.45, 7) is 0. The van der Waals surface area contributed by atoms with Crippen molar-refractivity contribution in [3.05, 3.63) is 11.8 Å². The van der Waals surface area contributed by atoms with Gasteiger partial charge in [-0.3, -0.25) is 4.79 Å². The molecule has 8 heteroatoms. The summed E-state index contributed by atoms with van der Waals surface area (Å²) in [5.41, 5.74) is -5.48. The minimum absolute atomic E-state index is 0.00234. The lowest BCUT2D eigenvalue weighted by Crippen LogP contribution is -2.24. The Morgan fingerprint density at radius 2 is 1.61 bits per heavy atom. The van der Waals surface area contributed by atoms with Crippen LogP contribution in [0.15, 0.2) is 11.8 Å². The third kappa shape index (κ3) is 4.01. The molecule has 0 heterocycles. The van der Waals surface area contributed by atoms with Gasteiger partial charge in [0.25, 0.3) is 0 Å². The third-order valence-corrected chi connectivity index (χ3v) is 3.48. The lowest BCUT2D eigenvalue weighted by Gasteiger charge is -2.11. The molecule has 1 rings (SSSR count). The van der Waals surface area contributed by atoms with E-state index >= 15 is 0 Å². The van der Waals surface area contributed by atoms with Gasteiger partial charge in [0.1, 0.15) is 6.26 Å². The highest BCUT2D eigenvalue weighted by atomic mass is 32.2. The molecule has 1 aliphatic rings. The smallest absolute Gasteiger partial charge is 0.384 e. The second-order valence-electron chi connectivity index (χ2n) is 3.98. The van der Waals surface area contributed by atoms with Crippen LogP contribution in [0.25, 0.3) is 0 Å². The van der Waals surface area contributed by atoms with E-state index in [1.807, 2.05) is 0 Å². The summed E-state index contributed by atoms with van der Waals surface area (Å²) in [6.07, 6.45) is 3.91. The van der Waals surface area contributed by atoms with Gasteiger partial charge in [-0.15, -0.1) is 0 Å².